The molecule has 1 saturated carbocycles. The van der Waals surface area contributed by atoms with E-state index in [1.807, 2.05) is 24.3 Å². The SMILES string of the molecule is N#Cc1nccnc1OC1CCC(NC(=O)CCCc2ccccc2)CC1. The van der Waals surface area contributed by atoms with Gasteiger partial charge in [-0.1, -0.05) is 30.3 Å². The van der Waals surface area contributed by atoms with Crippen LogP contribution < -0.4 is 10.1 Å². The number of carbonyl (C=O) groups excluding carboxylic acids is 1. The molecule has 1 aliphatic rings. The van der Waals surface area contributed by atoms with E-state index in [0.29, 0.717) is 12.3 Å². The monoisotopic (exact) mass is 364 g/mol. The maximum atomic E-state index is 12.2. The van der Waals surface area contributed by atoms with Crippen molar-refractivity contribution in [3.05, 3.63) is 54.0 Å². The Hall–Kier alpha value is -2.94. The van der Waals surface area contributed by atoms with Gasteiger partial charge in [0.05, 0.1) is 0 Å². The first kappa shape index (κ1) is 18.8. The number of aromatic nitrogens is 2. The number of hydrogen-bond acceptors (Lipinski definition) is 5. The zero-order valence-corrected chi connectivity index (χ0v) is 15.3. The fourth-order valence-electron chi connectivity index (χ4n) is 3.37. The lowest BCUT2D eigenvalue weighted by Crippen LogP contribution is -2.39. The average Bonchev–Trinajstić information content (AvgIpc) is 2.71. The normalized spacial score (nSPS) is 19.1. The number of benzene rings is 1. The van der Waals surface area contributed by atoms with Crippen LogP contribution in [0.4, 0.5) is 0 Å². The molecule has 1 N–H and O–H groups in total. The van der Waals surface area contributed by atoms with Crippen LogP contribution in [0.2, 0.25) is 0 Å². The van der Waals surface area contributed by atoms with Gasteiger partial charge in [-0.2, -0.15) is 5.26 Å². The predicted molar refractivity (Wildman–Crippen MR) is 101 cm³/mol. The summed E-state index contributed by atoms with van der Waals surface area (Å²) in [6.07, 6.45) is 8.76. The smallest absolute Gasteiger partial charge is 0.251 e. The molecule has 0 saturated heterocycles. The van der Waals surface area contributed by atoms with E-state index in [1.54, 1.807) is 0 Å². The predicted octanol–water partition coefficient (Wildman–Crippen LogP) is 3.18. The fourth-order valence-corrected chi connectivity index (χ4v) is 3.37. The fraction of sp³-hybridized carbons (Fsp3) is 0.429. The maximum absolute atomic E-state index is 12.2. The number of nitrogens with one attached hydrogen (secondary N) is 1. The van der Waals surface area contributed by atoms with Crippen LogP contribution in [0, 0.1) is 11.3 Å². The molecule has 0 bridgehead atoms. The summed E-state index contributed by atoms with van der Waals surface area (Å²) >= 11 is 0. The van der Waals surface area contributed by atoms with Gasteiger partial charge in [0.1, 0.15) is 12.2 Å². The van der Waals surface area contributed by atoms with E-state index in [2.05, 4.69) is 27.4 Å². The van der Waals surface area contributed by atoms with E-state index in [4.69, 9.17) is 10.00 Å². The second-order valence-corrected chi connectivity index (χ2v) is 6.82. The Morgan fingerprint density at radius 2 is 1.89 bits per heavy atom. The van der Waals surface area contributed by atoms with Gasteiger partial charge in [0, 0.05) is 24.9 Å². The number of rotatable bonds is 7. The second kappa shape index (κ2) is 9.67. The van der Waals surface area contributed by atoms with Crippen LogP contribution in [0.3, 0.4) is 0 Å². The van der Waals surface area contributed by atoms with Gasteiger partial charge < -0.3 is 10.1 Å². The Balaban J connectivity index is 1.36. The van der Waals surface area contributed by atoms with Gasteiger partial charge >= 0.3 is 0 Å². The highest BCUT2D eigenvalue weighted by Crippen LogP contribution is 2.24. The van der Waals surface area contributed by atoms with Crippen molar-refractivity contribution in [1.29, 1.82) is 5.26 Å². The molecule has 1 amide bonds. The van der Waals surface area contributed by atoms with E-state index in [1.165, 1.54) is 18.0 Å². The highest BCUT2D eigenvalue weighted by Gasteiger charge is 2.24. The number of ether oxygens (including phenoxy) is 1. The largest absolute Gasteiger partial charge is 0.472 e. The standard InChI is InChI=1S/C21H24N4O2/c22-15-19-21(24-14-13-23-19)27-18-11-9-17(10-12-18)25-20(26)8-4-7-16-5-2-1-3-6-16/h1-3,5-6,13-14,17-18H,4,7-12H2,(H,25,26). The third kappa shape index (κ3) is 5.78. The van der Waals surface area contributed by atoms with E-state index in [-0.39, 0.29) is 23.7 Å². The summed E-state index contributed by atoms with van der Waals surface area (Å²) < 4.78 is 5.84. The highest BCUT2D eigenvalue weighted by molar-refractivity contribution is 5.76. The van der Waals surface area contributed by atoms with E-state index >= 15 is 0 Å². The van der Waals surface area contributed by atoms with Crippen LogP contribution in [0.25, 0.3) is 0 Å². The van der Waals surface area contributed by atoms with E-state index < -0.39 is 0 Å². The highest BCUT2D eigenvalue weighted by atomic mass is 16.5. The first-order chi connectivity index (χ1) is 13.2. The molecule has 0 spiro atoms. The minimum atomic E-state index is 0.0139. The Bertz CT molecular complexity index is 780. The summed E-state index contributed by atoms with van der Waals surface area (Å²) in [6, 6.07) is 12.4. The van der Waals surface area contributed by atoms with Crippen LogP contribution in [0.5, 0.6) is 5.88 Å². The van der Waals surface area contributed by atoms with Crippen molar-refractivity contribution in [3.8, 4) is 11.9 Å². The summed E-state index contributed by atoms with van der Waals surface area (Å²) in [7, 11) is 0. The summed E-state index contributed by atoms with van der Waals surface area (Å²) in [6.45, 7) is 0. The average molecular weight is 364 g/mol. The molecule has 6 nitrogen and oxygen atoms in total. The van der Waals surface area contributed by atoms with Gasteiger partial charge in [0.25, 0.3) is 5.88 Å². The molecule has 1 fully saturated rings. The summed E-state index contributed by atoms with van der Waals surface area (Å²) in [5.41, 5.74) is 1.48. The lowest BCUT2D eigenvalue weighted by atomic mass is 9.92. The van der Waals surface area contributed by atoms with Crippen molar-refractivity contribution in [1.82, 2.24) is 15.3 Å². The van der Waals surface area contributed by atoms with Crippen molar-refractivity contribution in [3.63, 3.8) is 0 Å². The van der Waals surface area contributed by atoms with Gasteiger partial charge in [-0.05, 0) is 44.1 Å². The third-order valence-corrected chi connectivity index (χ3v) is 4.80. The maximum Gasteiger partial charge on any atom is 0.251 e. The van der Waals surface area contributed by atoms with Crippen molar-refractivity contribution in [2.45, 2.75) is 57.1 Å². The van der Waals surface area contributed by atoms with Crippen LogP contribution in [-0.2, 0) is 11.2 Å². The second-order valence-electron chi connectivity index (χ2n) is 6.82. The van der Waals surface area contributed by atoms with Gasteiger partial charge in [-0.3, -0.25) is 4.79 Å². The van der Waals surface area contributed by atoms with Crippen LogP contribution in [0.15, 0.2) is 42.7 Å². The lowest BCUT2D eigenvalue weighted by molar-refractivity contribution is -0.122. The number of aryl methyl sites for hydroxylation is 1. The minimum Gasteiger partial charge on any atom is -0.472 e. The lowest BCUT2D eigenvalue weighted by Gasteiger charge is -2.29. The molecule has 0 aliphatic heterocycles. The van der Waals surface area contributed by atoms with Gasteiger partial charge in [0.2, 0.25) is 11.6 Å². The van der Waals surface area contributed by atoms with Crippen LogP contribution in [-0.4, -0.2) is 28.0 Å². The molecular weight excluding hydrogens is 340 g/mol. The molecule has 0 radical (unpaired) electrons. The van der Waals surface area contributed by atoms with Crippen LogP contribution in [0.1, 0.15) is 49.8 Å². The molecular formula is C21H24N4O2. The number of hydrogen-bond donors (Lipinski definition) is 1. The first-order valence-electron chi connectivity index (χ1n) is 9.45. The summed E-state index contributed by atoms with van der Waals surface area (Å²) in [5, 5.41) is 12.2. The molecule has 27 heavy (non-hydrogen) atoms. The van der Waals surface area contributed by atoms with Gasteiger partial charge in [-0.25, -0.2) is 9.97 Å². The quantitative estimate of drug-likeness (QED) is 0.815. The molecule has 6 heteroatoms. The summed E-state index contributed by atoms with van der Waals surface area (Å²) in [5.74, 6) is 0.421. The van der Waals surface area contributed by atoms with Gasteiger partial charge in [0.15, 0.2) is 0 Å². The molecule has 1 aromatic carbocycles. The number of nitrogens with zero attached hydrogens (tertiary/aromatic N) is 3. The minimum absolute atomic E-state index is 0.0139. The Morgan fingerprint density at radius 3 is 2.63 bits per heavy atom. The molecule has 2 aromatic rings. The zero-order chi connectivity index (χ0) is 18.9. The first-order valence-corrected chi connectivity index (χ1v) is 9.45. The van der Waals surface area contributed by atoms with Crippen LogP contribution >= 0.6 is 0 Å². The van der Waals surface area contributed by atoms with Crippen molar-refractivity contribution < 1.29 is 9.53 Å². The molecule has 1 aromatic heterocycles. The molecule has 0 atom stereocenters. The van der Waals surface area contributed by atoms with Crippen molar-refractivity contribution >= 4 is 5.91 Å². The van der Waals surface area contributed by atoms with Crippen molar-refractivity contribution in [2.75, 3.05) is 0 Å². The third-order valence-electron chi connectivity index (χ3n) is 4.80. The number of nitriles is 1. The Morgan fingerprint density at radius 1 is 1.15 bits per heavy atom. The van der Waals surface area contributed by atoms with E-state index in [9.17, 15) is 4.79 Å². The van der Waals surface area contributed by atoms with Crippen molar-refractivity contribution in [2.24, 2.45) is 0 Å². The Labute approximate surface area is 159 Å². The molecule has 0 unspecified atom stereocenters. The molecule has 1 heterocycles. The summed E-state index contributed by atoms with van der Waals surface area (Å²) in [4.78, 5) is 20.2. The molecule has 140 valence electrons. The number of amides is 1. The molecule has 1 aliphatic carbocycles. The topological polar surface area (TPSA) is 87.9 Å². The zero-order valence-electron chi connectivity index (χ0n) is 15.3. The van der Waals surface area contributed by atoms with Gasteiger partial charge in [-0.15, -0.1) is 0 Å². The Kier molecular flexibility index (Phi) is 6.75. The van der Waals surface area contributed by atoms with E-state index in [0.717, 1.165) is 38.5 Å². The molecule has 3 rings (SSSR count). The number of carbonyl (C=O) groups is 1.